The molecule has 1 amide bonds. The predicted octanol–water partition coefficient (Wildman–Crippen LogP) is 4.52. The maximum Gasteiger partial charge on any atom is 0.387 e. The molecule has 0 aliphatic rings. The Morgan fingerprint density at radius 1 is 1.08 bits per heavy atom. The Kier molecular flexibility index (Phi) is 6.03. The number of benzene rings is 2. The zero-order chi connectivity index (χ0) is 18.6. The summed E-state index contributed by atoms with van der Waals surface area (Å²) in [6, 6.07) is 7.16. The van der Waals surface area contributed by atoms with Gasteiger partial charge in [-0.15, -0.1) is 0 Å². The third-order valence-corrected chi connectivity index (χ3v) is 3.78. The molecule has 0 fully saturated rings. The van der Waals surface area contributed by atoms with Crippen molar-refractivity contribution >= 4 is 23.2 Å². The Labute approximate surface area is 148 Å². The fourth-order valence-electron chi connectivity index (χ4n) is 2.13. The first-order valence-electron chi connectivity index (χ1n) is 7.14. The summed E-state index contributed by atoms with van der Waals surface area (Å²) in [6.45, 7) is -1.20. The third kappa shape index (κ3) is 4.51. The van der Waals surface area contributed by atoms with E-state index < -0.39 is 12.5 Å². The van der Waals surface area contributed by atoms with E-state index in [1.54, 1.807) is 19.1 Å². The van der Waals surface area contributed by atoms with Crippen LogP contribution < -0.4 is 19.5 Å². The molecule has 8 heteroatoms. The molecule has 0 spiro atoms. The van der Waals surface area contributed by atoms with Crippen LogP contribution >= 0.6 is 11.6 Å². The molecule has 5 nitrogen and oxygen atoms in total. The number of halogens is 3. The van der Waals surface area contributed by atoms with Crippen LogP contribution in [0.3, 0.4) is 0 Å². The molecule has 0 saturated heterocycles. The first-order valence-corrected chi connectivity index (χ1v) is 7.51. The Bertz CT molecular complexity index is 783. The highest BCUT2D eigenvalue weighted by molar-refractivity contribution is 6.31. The van der Waals surface area contributed by atoms with Gasteiger partial charge in [-0.1, -0.05) is 11.6 Å². The van der Waals surface area contributed by atoms with Crippen molar-refractivity contribution in [3.8, 4) is 17.2 Å². The summed E-state index contributed by atoms with van der Waals surface area (Å²) in [5.74, 6) is -0.211. The minimum atomic E-state index is -2.99. The lowest BCUT2D eigenvalue weighted by molar-refractivity contribution is -0.0512. The number of carbonyl (C=O) groups excluding carboxylic acids is 1. The SMILES string of the molecule is COc1cc(Cl)c(C)cc1NC(=O)c1ccc(OC(F)F)c(OC)c1. The summed E-state index contributed by atoms with van der Waals surface area (Å²) >= 11 is 6.03. The Morgan fingerprint density at radius 3 is 2.36 bits per heavy atom. The van der Waals surface area contributed by atoms with E-state index in [-0.39, 0.29) is 17.1 Å². The van der Waals surface area contributed by atoms with E-state index in [2.05, 4.69) is 10.1 Å². The summed E-state index contributed by atoms with van der Waals surface area (Å²) in [6.07, 6.45) is 0. The van der Waals surface area contributed by atoms with Crippen LogP contribution in [0, 0.1) is 6.92 Å². The summed E-state index contributed by atoms with van der Waals surface area (Å²) in [5.41, 5.74) is 1.39. The van der Waals surface area contributed by atoms with Gasteiger partial charge in [-0.05, 0) is 36.8 Å². The molecule has 0 atom stereocenters. The molecule has 0 radical (unpaired) electrons. The van der Waals surface area contributed by atoms with Gasteiger partial charge in [0.1, 0.15) is 5.75 Å². The molecule has 0 aromatic heterocycles. The number of hydrogen-bond acceptors (Lipinski definition) is 4. The Hall–Kier alpha value is -2.54. The van der Waals surface area contributed by atoms with E-state index in [0.717, 1.165) is 5.56 Å². The van der Waals surface area contributed by atoms with Gasteiger partial charge < -0.3 is 19.5 Å². The second-order valence-electron chi connectivity index (χ2n) is 5.00. The second kappa shape index (κ2) is 8.02. The van der Waals surface area contributed by atoms with E-state index in [4.69, 9.17) is 21.1 Å². The zero-order valence-electron chi connectivity index (χ0n) is 13.7. The van der Waals surface area contributed by atoms with E-state index in [1.165, 1.54) is 32.4 Å². The summed E-state index contributed by atoms with van der Waals surface area (Å²) in [4.78, 5) is 12.4. The van der Waals surface area contributed by atoms with Gasteiger partial charge in [-0.3, -0.25) is 4.79 Å². The maximum absolute atomic E-state index is 12.4. The molecule has 0 unspecified atom stereocenters. The molecule has 0 heterocycles. The fourth-order valence-corrected chi connectivity index (χ4v) is 2.28. The van der Waals surface area contributed by atoms with Gasteiger partial charge in [0, 0.05) is 16.7 Å². The fraction of sp³-hybridized carbons (Fsp3) is 0.235. The number of anilines is 1. The Balaban J connectivity index is 2.28. The maximum atomic E-state index is 12.4. The van der Waals surface area contributed by atoms with Gasteiger partial charge in [0.05, 0.1) is 19.9 Å². The van der Waals surface area contributed by atoms with E-state index in [0.29, 0.717) is 16.5 Å². The van der Waals surface area contributed by atoms with Crippen molar-refractivity contribution in [3.05, 3.63) is 46.5 Å². The van der Waals surface area contributed by atoms with Crippen molar-refractivity contribution in [2.45, 2.75) is 13.5 Å². The van der Waals surface area contributed by atoms with Gasteiger partial charge in [-0.2, -0.15) is 8.78 Å². The van der Waals surface area contributed by atoms with Crippen molar-refractivity contribution < 1.29 is 27.8 Å². The topological polar surface area (TPSA) is 56.8 Å². The molecule has 1 N–H and O–H groups in total. The average Bonchev–Trinajstić information content (AvgIpc) is 2.57. The standard InChI is InChI=1S/C17H16ClF2NO4/c1-9-6-12(14(23-2)8-11(9)18)21-16(22)10-4-5-13(25-17(19)20)15(7-10)24-3/h4-8,17H,1-3H3,(H,21,22). The first-order chi connectivity index (χ1) is 11.8. The molecule has 0 aliphatic carbocycles. The van der Waals surface area contributed by atoms with Crippen molar-refractivity contribution in [2.24, 2.45) is 0 Å². The zero-order valence-corrected chi connectivity index (χ0v) is 14.5. The molecule has 25 heavy (non-hydrogen) atoms. The molecule has 134 valence electrons. The second-order valence-corrected chi connectivity index (χ2v) is 5.41. The monoisotopic (exact) mass is 371 g/mol. The number of nitrogens with one attached hydrogen (secondary N) is 1. The number of aryl methyl sites for hydroxylation is 1. The van der Waals surface area contributed by atoms with Crippen LogP contribution in [0.4, 0.5) is 14.5 Å². The lowest BCUT2D eigenvalue weighted by atomic mass is 10.1. The number of methoxy groups -OCH3 is 2. The van der Waals surface area contributed by atoms with Crippen LogP contribution in [0.15, 0.2) is 30.3 Å². The molecular formula is C17H16ClF2NO4. The van der Waals surface area contributed by atoms with E-state index >= 15 is 0 Å². The molecule has 0 saturated carbocycles. The van der Waals surface area contributed by atoms with Gasteiger partial charge in [0.25, 0.3) is 5.91 Å². The quantitative estimate of drug-likeness (QED) is 0.811. The predicted molar refractivity (Wildman–Crippen MR) is 90.3 cm³/mol. The third-order valence-electron chi connectivity index (χ3n) is 3.37. The molecule has 0 aliphatic heterocycles. The summed E-state index contributed by atoms with van der Waals surface area (Å²) < 4.78 is 39.2. The van der Waals surface area contributed by atoms with Crippen molar-refractivity contribution in [3.63, 3.8) is 0 Å². The molecule has 0 bridgehead atoms. The number of hydrogen-bond donors (Lipinski definition) is 1. The van der Waals surface area contributed by atoms with Crippen LogP contribution in [0.25, 0.3) is 0 Å². The Morgan fingerprint density at radius 2 is 1.76 bits per heavy atom. The van der Waals surface area contributed by atoms with Gasteiger partial charge in [0.15, 0.2) is 11.5 Å². The largest absolute Gasteiger partial charge is 0.495 e. The van der Waals surface area contributed by atoms with Crippen LogP contribution in [0.2, 0.25) is 5.02 Å². The van der Waals surface area contributed by atoms with Crippen molar-refractivity contribution in [1.82, 2.24) is 0 Å². The van der Waals surface area contributed by atoms with Gasteiger partial charge in [0.2, 0.25) is 0 Å². The number of ether oxygens (including phenoxy) is 3. The number of amides is 1. The first kappa shape index (κ1) is 18.8. The average molecular weight is 372 g/mol. The number of rotatable bonds is 6. The highest BCUT2D eigenvalue weighted by atomic mass is 35.5. The van der Waals surface area contributed by atoms with Crippen LogP contribution in [-0.2, 0) is 0 Å². The molecular weight excluding hydrogens is 356 g/mol. The minimum Gasteiger partial charge on any atom is -0.495 e. The van der Waals surface area contributed by atoms with Gasteiger partial charge >= 0.3 is 6.61 Å². The van der Waals surface area contributed by atoms with Crippen LogP contribution in [0.1, 0.15) is 15.9 Å². The van der Waals surface area contributed by atoms with Crippen LogP contribution in [-0.4, -0.2) is 26.7 Å². The molecule has 2 rings (SSSR count). The van der Waals surface area contributed by atoms with Crippen molar-refractivity contribution in [1.29, 1.82) is 0 Å². The number of carbonyl (C=O) groups is 1. The minimum absolute atomic E-state index is 0.0206. The lowest BCUT2D eigenvalue weighted by Gasteiger charge is -2.14. The van der Waals surface area contributed by atoms with E-state index in [9.17, 15) is 13.6 Å². The van der Waals surface area contributed by atoms with Gasteiger partial charge in [-0.25, -0.2) is 0 Å². The molecule has 2 aromatic rings. The molecule has 2 aromatic carbocycles. The summed E-state index contributed by atoms with van der Waals surface area (Å²) in [7, 11) is 2.75. The highest BCUT2D eigenvalue weighted by Crippen LogP contribution is 2.33. The number of alkyl halides is 2. The lowest BCUT2D eigenvalue weighted by Crippen LogP contribution is -2.13. The smallest absolute Gasteiger partial charge is 0.387 e. The van der Waals surface area contributed by atoms with Crippen molar-refractivity contribution in [2.75, 3.05) is 19.5 Å². The van der Waals surface area contributed by atoms with E-state index in [1.807, 2.05) is 0 Å². The highest BCUT2D eigenvalue weighted by Gasteiger charge is 2.16. The summed E-state index contributed by atoms with van der Waals surface area (Å²) in [5, 5.41) is 3.19. The van der Waals surface area contributed by atoms with Crippen LogP contribution in [0.5, 0.6) is 17.2 Å². The normalized spacial score (nSPS) is 10.5.